The van der Waals surface area contributed by atoms with Crippen LogP contribution in [0.25, 0.3) is 0 Å². The number of nitrogens with one attached hydrogen (secondary N) is 1. The second-order valence-electron chi connectivity index (χ2n) is 6.59. The summed E-state index contributed by atoms with van der Waals surface area (Å²) in [6.07, 6.45) is 1.40. The van der Waals surface area contributed by atoms with Gasteiger partial charge in [-0.05, 0) is 73.2 Å². The quantitative estimate of drug-likeness (QED) is 0.200. The minimum atomic E-state index is -0.600. The maximum atomic E-state index is 12.6. The summed E-state index contributed by atoms with van der Waals surface area (Å²) in [7, 11) is 1.54. The average Bonchev–Trinajstić information content (AvgIpc) is 2.81. The summed E-state index contributed by atoms with van der Waals surface area (Å²) in [5.74, 6) is -0.0355. The Kier molecular flexibility index (Phi) is 8.29. The second-order valence-corrected chi connectivity index (χ2v) is 7.43. The molecule has 0 aliphatic heterocycles. The van der Waals surface area contributed by atoms with Crippen molar-refractivity contribution in [2.45, 2.75) is 6.92 Å². The molecule has 0 aliphatic carbocycles. The third-order valence-electron chi connectivity index (χ3n) is 4.34. The lowest BCUT2D eigenvalue weighted by Crippen LogP contribution is -2.17. The van der Waals surface area contributed by atoms with Crippen LogP contribution in [0, 0.1) is 0 Å². The predicted octanol–water partition coefficient (Wildman–Crippen LogP) is 5.38. The number of hydrogen-bond acceptors (Lipinski definition) is 6. The summed E-state index contributed by atoms with van der Waals surface area (Å²) in [5, 5.41) is 4.62. The van der Waals surface area contributed by atoms with Gasteiger partial charge in [-0.1, -0.05) is 23.2 Å². The van der Waals surface area contributed by atoms with E-state index in [2.05, 4.69) is 10.5 Å². The SMILES string of the molecule is CCOc1cc(/C=N\NC(=O)c2ccc(Cl)cc2)cc(Cl)c1OC(=O)c1ccc(OC)cc1. The van der Waals surface area contributed by atoms with Crippen LogP contribution in [0.3, 0.4) is 0 Å². The minimum Gasteiger partial charge on any atom is -0.497 e. The lowest BCUT2D eigenvalue weighted by molar-refractivity contribution is 0.0728. The van der Waals surface area contributed by atoms with Crippen LogP contribution in [0.2, 0.25) is 10.0 Å². The summed E-state index contributed by atoms with van der Waals surface area (Å²) in [6, 6.07) is 16.0. The molecular formula is C24H20Cl2N2O5. The number of methoxy groups -OCH3 is 1. The number of ether oxygens (including phenoxy) is 3. The van der Waals surface area contributed by atoms with Crippen molar-refractivity contribution in [1.82, 2.24) is 5.43 Å². The van der Waals surface area contributed by atoms with Crippen molar-refractivity contribution in [3.63, 3.8) is 0 Å². The summed E-state index contributed by atoms with van der Waals surface area (Å²) >= 11 is 12.2. The van der Waals surface area contributed by atoms with Crippen LogP contribution in [0.5, 0.6) is 17.2 Å². The first-order chi connectivity index (χ1) is 15.9. The number of benzene rings is 3. The van der Waals surface area contributed by atoms with Crippen LogP contribution in [-0.4, -0.2) is 31.8 Å². The van der Waals surface area contributed by atoms with Crippen molar-refractivity contribution in [2.75, 3.05) is 13.7 Å². The Labute approximate surface area is 200 Å². The molecule has 9 heteroatoms. The second kappa shape index (κ2) is 11.4. The van der Waals surface area contributed by atoms with Gasteiger partial charge in [0.1, 0.15) is 5.75 Å². The number of nitrogens with zero attached hydrogens (tertiary/aromatic N) is 1. The molecule has 170 valence electrons. The molecule has 33 heavy (non-hydrogen) atoms. The Hall–Kier alpha value is -3.55. The zero-order valence-corrected chi connectivity index (χ0v) is 19.3. The number of amides is 1. The Morgan fingerprint density at radius 2 is 1.67 bits per heavy atom. The molecule has 0 aliphatic rings. The van der Waals surface area contributed by atoms with Crippen molar-refractivity contribution in [2.24, 2.45) is 5.10 Å². The Balaban J connectivity index is 1.75. The molecule has 3 aromatic rings. The van der Waals surface area contributed by atoms with E-state index in [1.165, 1.54) is 13.3 Å². The lowest BCUT2D eigenvalue weighted by Gasteiger charge is -2.13. The normalized spacial score (nSPS) is 10.7. The van der Waals surface area contributed by atoms with E-state index in [0.717, 1.165) is 0 Å². The highest BCUT2D eigenvalue weighted by atomic mass is 35.5. The molecule has 0 radical (unpaired) electrons. The zero-order valence-electron chi connectivity index (χ0n) is 17.8. The zero-order chi connectivity index (χ0) is 23.8. The molecule has 0 unspecified atom stereocenters. The predicted molar refractivity (Wildman–Crippen MR) is 127 cm³/mol. The number of halogens is 2. The van der Waals surface area contributed by atoms with Gasteiger partial charge in [-0.25, -0.2) is 10.2 Å². The summed E-state index contributed by atoms with van der Waals surface area (Å²) in [5.41, 5.74) is 3.69. The third kappa shape index (κ3) is 6.47. The van der Waals surface area contributed by atoms with E-state index in [-0.39, 0.29) is 16.5 Å². The highest BCUT2D eigenvalue weighted by Gasteiger charge is 2.17. The largest absolute Gasteiger partial charge is 0.497 e. The molecule has 1 N–H and O–H groups in total. The first-order valence-corrected chi connectivity index (χ1v) is 10.6. The maximum Gasteiger partial charge on any atom is 0.343 e. The smallest absolute Gasteiger partial charge is 0.343 e. The van der Waals surface area contributed by atoms with Gasteiger partial charge in [0.25, 0.3) is 5.91 Å². The highest BCUT2D eigenvalue weighted by molar-refractivity contribution is 6.32. The summed E-state index contributed by atoms with van der Waals surface area (Å²) < 4.78 is 16.2. The van der Waals surface area contributed by atoms with E-state index in [0.29, 0.717) is 34.1 Å². The van der Waals surface area contributed by atoms with E-state index in [1.807, 2.05) is 0 Å². The third-order valence-corrected chi connectivity index (χ3v) is 4.87. The molecule has 0 heterocycles. The molecule has 3 rings (SSSR count). The van der Waals surface area contributed by atoms with Crippen LogP contribution in [-0.2, 0) is 0 Å². The molecule has 0 aromatic heterocycles. The highest BCUT2D eigenvalue weighted by Crippen LogP contribution is 2.37. The van der Waals surface area contributed by atoms with Gasteiger partial charge in [-0.3, -0.25) is 4.79 Å². The molecule has 0 bridgehead atoms. The van der Waals surface area contributed by atoms with Crippen LogP contribution < -0.4 is 19.6 Å². The van der Waals surface area contributed by atoms with Gasteiger partial charge in [0.2, 0.25) is 0 Å². The molecular weight excluding hydrogens is 467 g/mol. The van der Waals surface area contributed by atoms with Crippen molar-refractivity contribution >= 4 is 41.3 Å². The van der Waals surface area contributed by atoms with Gasteiger partial charge >= 0.3 is 5.97 Å². The molecule has 0 saturated carbocycles. The summed E-state index contributed by atoms with van der Waals surface area (Å²) in [6.45, 7) is 2.10. The van der Waals surface area contributed by atoms with E-state index >= 15 is 0 Å². The molecule has 1 amide bonds. The van der Waals surface area contributed by atoms with E-state index < -0.39 is 11.9 Å². The minimum absolute atomic E-state index is 0.0849. The number of carbonyl (C=O) groups excluding carboxylic acids is 2. The number of rotatable bonds is 8. The van der Waals surface area contributed by atoms with Gasteiger partial charge < -0.3 is 14.2 Å². The number of hydrogen-bond donors (Lipinski definition) is 1. The Morgan fingerprint density at radius 3 is 2.30 bits per heavy atom. The van der Waals surface area contributed by atoms with Gasteiger partial charge in [-0.2, -0.15) is 5.10 Å². The van der Waals surface area contributed by atoms with Crippen LogP contribution in [0.15, 0.2) is 65.8 Å². The van der Waals surface area contributed by atoms with Crippen molar-refractivity contribution in [3.8, 4) is 17.2 Å². The van der Waals surface area contributed by atoms with Crippen LogP contribution in [0.1, 0.15) is 33.2 Å². The van der Waals surface area contributed by atoms with Crippen molar-refractivity contribution in [3.05, 3.63) is 87.4 Å². The molecule has 0 saturated heterocycles. The lowest BCUT2D eigenvalue weighted by atomic mass is 10.2. The topological polar surface area (TPSA) is 86.2 Å². The van der Waals surface area contributed by atoms with E-state index in [9.17, 15) is 9.59 Å². The van der Waals surface area contributed by atoms with E-state index in [1.54, 1.807) is 67.6 Å². The van der Waals surface area contributed by atoms with Gasteiger partial charge in [0.05, 0.1) is 30.5 Å². The standard InChI is InChI=1S/C24H20Cl2N2O5/c1-3-32-21-13-15(14-27-28-23(29)16-4-8-18(25)9-5-16)12-20(26)22(21)33-24(30)17-6-10-19(31-2)11-7-17/h4-14H,3H2,1-2H3,(H,28,29)/b27-14-. The number of hydrazone groups is 1. The van der Waals surface area contributed by atoms with Crippen LogP contribution in [0.4, 0.5) is 0 Å². The maximum absolute atomic E-state index is 12.6. The van der Waals surface area contributed by atoms with Crippen LogP contribution >= 0.6 is 23.2 Å². The molecule has 7 nitrogen and oxygen atoms in total. The van der Waals surface area contributed by atoms with Crippen molar-refractivity contribution < 1.29 is 23.8 Å². The van der Waals surface area contributed by atoms with Crippen molar-refractivity contribution in [1.29, 1.82) is 0 Å². The fourth-order valence-electron chi connectivity index (χ4n) is 2.73. The average molecular weight is 487 g/mol. The fourth-order valence-corrected chi connectivity index (χ4v) is 3.12. The first-order valence-electron chi connectivity index (χ1n) is 9.82. The van der Waals surface area contributed by atoms with E-state index in [4.69, 9.17) is 37.4 Å². The fraction of sp³-hybridized carbons (Fsp3) is 0.125. The molecule has 0 fully saturated rings. The van der Waals surface area contributed by atoms with Gasteiger partial charge in [0.15, 0.2) is 11.5 Å². The molecule has 0 spiro atoms. The number of carbonyl (C=O) groups is 2. The van der Waals surface area contributed by atoms with Gasteiger partial charge in [-0.15, -0.1) is 0 Å². The number of esters is 1. The van der Waals surface area contributed by atoms with Gasteiger partial charge in [0, 0.05) is 10.6 Å². The monoisotopic (exact) mass is 486 g/mol. The first kappa shape index (κ1) is 24.1. The summed E-state index contributed by atoms with van der Waals surface area (Å²) in [4.78, 5) is 24.7. The molecule has 0 atom stereocenters. The molecule has 3 aromatic carbocycles. The Bertz CT molecular complexity index is 1160. The Morgan fingerprint density at radius 1 is 1.00 bits per heavy atom.